The van der Waals surface area contributed by atoms with Crippen molar-refractivity contribution in [1.82, 2.24) is 5.32 Å². The number of halogens is 1. The molecular formula is C13H14FN3O. The Morgan fingerprint density at radius 3 is 2.67 bits per heavy atom. The van der Waals surface area contributed by atoms with Gasteiger partial charge in [-0.15, -0.1) is 0 Å². The van der Waals surface area contributed by atoms with E-state index in [0.717, 1.165) is 19.3 Å². The number of benzene rings is 1. The second kappa shape index (κ2) is 4.65. The Labute approximate surface area is 105 Å². The molecule has 4 nitrogen and oxygen atoms in total. The van der Waals surface area contributed by atoms with Crippen LogP contribution in [-0.2, 0) is 0 Å². The van der Waals surface area contributed by atoms with Crippen LogP contribution in [0.1, 0.15) is 29.6 Å². The SMILES string of the molecule is [C-]#[N+]C1(Nc2ccc(C(=O)NC)c(F)c2)CCC1. The van der Waals surface area contributed by atoms with Crippen LogP contribution in [0.4, 0.5) is 10.1 Å². The summed E-state index contributed by atoms with van der Waals surface area (Å²) in [6, 6.07) is 4.31. The third kappa shape index (κ3) is 2.14. The molecule has 0 bridgehead atoms. The Balaban J connectivity index is 2.19. The van der Waals surface area contributed by atoms with Crippen molar-refractivity contribution in [2.45, 2.75) is 24.9 Å². The molecule has 0 unspecified atom stereocenters. The van der Waals surface area contributed by atoms with Crippen molar-refractivity contribution in [2.24, 2.45) is 0 Å². The van der Waals surface area contributed by atoms with Crippen molar-refractivity contribution < 1.29 is 9.18 Å². The molecule has 0 spiro atoms. The summed E-state index contributed by atoms with van der Waals surface area (Å²) in [7, 11) is 1.45. The molecule has 2 N–H and O–H groups in total. The van der Waals surface area contributed by atoms with Gasteiger partial charge in [-0.05, 0) is 24.6 Å². The van der Waals surface area contributed by atoms with Crippen molar-refractivity contribution in [1.29, 1.82) is 0 Å². The molecule has 0 aromatic heterocycles. The zero-order chi connectivity index (χ0) is 13.2. The lowest BCUT2D eigenvalue weighted by molar-refractivity contribution is 0.0959. The standard InChI is InChI=1S/C13H14FN3O/c1-15-12(18)10-5-4-9(8-11(10)14)17-13(16-2)6-3-7-13/h4-5,8,17H,3,6-7H2,1H3,(H,15,18). The normalized spacial score (nSPS) is 16.3. The molecule has 94 valence electrons. The molecule has 0 radical (unpaired) electrons. The van der Waals surface area contributed by atoms with E-state index < -0.39 is 17.4 Å². The summed E-state index contributed by atoms with van der Waals surface area (Å²) < 4.78 is 13.7. The van der Waals surface area contributed by atoms with E-state index in [9.17, 15) is 9.18 Å². The number of rotatable bonds is 3. The Bertz CT molecular complexity index is 517. The third-order valence-corrected chi connectivity index (χ3v) is 3.21. The molecule has 1 aliphatic carbocycles. The van der Waals surface area contributed by atoms with Gasteiger partial charge in [-0.25, -0.2) is 11.0 Å². The first kappa shape index (κ1) is 12.4. The average Bonchev–Trinajstić information content (AvgIpc) is 2.33. The van der Waals surface area contributed by atoms with Gasteiger partial charge in [0.05, 0.1) is 5.56 Å². The first-order valence-corrected chi connectivity index (χ1v) is 5.79. The van der Waals surface area contributed by atoms with Crippen molar-refractivity contribution in [2.75, 3.05) is 12.4 Å². The van der Waals surface area contributed by atoms with Crippen LogP contribution in [-0.4, -0.2) is 18.6 Å². The molecule has 1 fully saturated rings. The predicted molar refractivity (Wildman–Crippen MR) is 66.6 cm³/mol. The van der Waals surface area contributed by atoms with E-state index in [4.69, 9.17) is 6.57 Å². The van der Waals surface area contributed by atoms with Gasteiger partial charge in [0.15, 0.2) is 0 Å². The van der Waals surface area contributed by atoms with Crippen LogP contribution in [0.25, 0.3) is 4.85 Å². The monoisotopic (exact) mass is 247 g/mol. The van der Waals surface area contributed by atoms with Gasteiger partial charge in [0.2, 0.25) is 0 Å². The smallest absolute Gasteiger partial charge is 0.305 e. The van der Waals surface area contributed by atoms with E-state index >= 15 is 0 Å². The zero-order valence-electron chi connectivity index (χ0n) is 10.1. The molecule has 18 heavy (non-hydrogen) atoms. The fraction of sp³-hybridized carbons (Fsp3) is 0.385. The lowest BCUT2D eigenvalue weighted by Crippen LogP contribution is -2.41. The van der Waals surface area contributed by atoms with Gasteiger partial charge >= 0.3 is 5.66 Å². The summed E-state index contributed by atoms with van der Waals surface area (Å²) in [5.41, 5.74) is -0.0367. The van der Waals surface area contributed by atoms with E-state index in [1.807, 2.05) is 0 Å². The second-order valence-corrected chi connectivity index (χ2v) is 4.40. The zero-order valence-corrected chi connectivity index (χ0v) is 10.1. The van der Waals surface area contributed by atoms with Crippen LogP contribution < -0.4 is 10.6 Å². The van der Waals surface area contributed by atoms with Crippen LogP contribution >= 0.6 is 0 Å². The van der Waals surface area contributed by atoms with Gasteiger partial charge in [0.1, 0.15) is 5.82 Å². The summed E-state index contributed by atoms with van der Waals surface area (Å²) in [5.74, 6) is -1.04. The Morgan fingerprint density at radius 1 is 1.50 bits per heavy atom. The number of carbonyl (C=O) groups is 1. The summed E-state index contributed by atoms with van der Waals surface area (Å²) >= 11 is 0. The van der Waals surface area contributed by atoms with E-state index in [1.54, 1.807) is 6.07 Å². The fourth-order valence-electron chi connectivity index (χ4n) is 1.96. The molecule has 0 atom stereocenters. The first-order chi connectivity index (χ1) is 8.60. The molecule has 1 saturated carbocycles. The minimum Gasteiger partial charge on any atom is -0.355 e. The lowest BCUT2D eigenvalue weighted by atomic mass is 9.85. The maximum atomic E-state index is 13.7. The van der Waals surface area contributed by atoms with Crippen LogP contribution in [0.15, 0.2) is 18.2 Å². The average molecular weight is 247 g/mol. The van der Waals surface area contributed by atoms with Gasteiger partial charge in [-0.3, -0.25) is 9.64 Å². The second-order valence-electron chi connectivity index (χ2n) is 4.40. The van der Waals surface area contributed by atoms with E-state index in [-0.39, 0.29) is 5.56 Å². The van der Waals surface area contributed by atoms with Crippen molar-refractivity contribution in [3.8, 4) is 0 Å². The molecule has 0 saturated heterocycles. The minimum atomic E-state index is -0.584. The maximum absolute atomic E-state index is 13.7. The van der Waals surface area contributed by atoms with Crippen molar-refractivity contribution >= 4 is 11.6 Å². The molecule has 1 aliphatic rings. The Hall–Kier alpha value is -2.09. The summed E-state index contributed by atoms with van der Waals surface area (Å²) in [5, 5.41) is 5.42. The van der Waals surface area contributed by atoms with Gasteiger partial charge in [-0.1, -0.05) is 0 Å². The summed E-state index contributed by atoms with van der Waals surface area (Å²) in [4.78, 5) is 14.9. The highest BCUT2D eigenvalue weighted by Gasteiger charge is 2.43. The van der Waals surface area contributed by atoms with E-state index in [2.05, 4.69) is 15.5 Å². The molecule has 1 amide bonds. The first-order valence-electron chi connectivity index (χ1n) is 5.79. The van der Waals surface area contributed by atoms with E-state index in [0.29, 0.717) is 5.69 Å². The maximum Gasteiger partial charge on any atom is 0.305 e. The Morgan fingerprint density at radius 2 is 2.22 bits per heavy atom. The molecule has 0 heterocycles. The molecule has 0 aliphatic heterocycles. The van der Waals surface area contributed by atoms with Crippen molar-refractivity contribution in [3.05, 3.63) is 41.0 Å². The molecule has 1 aromatic carbocycles. The van der Waals surface area contributed by atoms with Crippen LogP contribution in [0.5, 0.6) is 0 Å². The topological polar surface area (TPSA) is 45.5 Å². The number of hydrogen-bond donors (Lipinski definition) is 2. The highest BCUT2D eigenvalue weighted by atomic mass is 19.1. The largest absolute Gasteiger partial charge is 0.355 e. The molecule has 2 rings (SSSR count). The van der Waals surface area contributed by atoms with Crippen LogP contribution in [0, 0.1) is 12.4 Å². The van der Waals surface area contributed by atoms with E-state index in [1.165, 1.54) is 19.2 Å². The number of hydrogen-bond acceptors (Lipinski definition) is 2. The summed E-state index contributed by atoms with van der Waals surface area (Å²) in [6.45, 7) is 7.16. The number of amides is 1. The number of nitrogens with zero attached hydrogens (tertiary/aromatic N) is 1. The van der Waals surface area contributed by atoms with Crippen molar-refractivity contribution in [3.63, 3.8) is 0 Å². The van der Waals surface area contributed by atoms with Gasteiger partial charge in [0, 0.05) is 25.6 Å². The lowest BCUT2D eigenvalue weighted by Gasteiger charge is -2.31. The number of anilines is 1. The van der Waals surface area contributed by atoms with Crippen LogP contribution in [0.2, 0.25) is 0 Å². The predicted octanol–water partition coefficient (Wildman–Crippen LogP) is 2.40. The highest BCUT2D eigenvalue weighted by molar-refractivity contribution is 5.94. The summed E-state index contributed by atoms with van der Waals surface area (Å²) in [6.07, 6.45) is 2.55. The quantitative estimate of drug-likeness (QED) is 0.806. The number of nitrogens with one attached hydrogen (secondary N) is 2. The molecular weight excluding hydrogens is 233 g/mol. The molecule has 5 heteroatoms. The van der Waals surface area contributed by atoms with Gasteiger partial charge < -0.3 is 10.6 Å². The fourth-order valence-corrected chi connectivity index (χ4v) is 1.96. The Kier molecular flexibility index (Phi) is 3.19. The minimum absolute atomic E-state index is 0.00789. The van der Waals surface area contributed by atoms with Crippen LogP contribution in [0.3, 0.4) is 0 Å². The molecule has 1 aromatic rings. The number of carbonyl (C=O) groups excluding carboxylic acids is 1. The third-order valence-electron chi connectivity index (χ3n) is 3.21. The van der Waals surface area contributed by atoms with Gasteiger partial charge in [-0.2, -0.15) is 0 Å². The highest BCUT2D eigenvalue weighted by Crippen LogP contribution is 2.36. The van der Waals surface area contributed by atoms with Gasteiger partial charge in [0.25, 0.3) is 5.91 Å².